The van der Waals surface area contributed by atoms with Crippen molar-refractivity contribution >= 4 is 17.1 Å². The fraction of sp³-hybridized carbons (Fsp3) is 0.154. The van der Waals surface area contributed by atoms with Crippen molar-refractivity contribution in [2.75, 3.05) is 6.61 Å². The number of ketones is 1. The molecule has 0 bridgehead atoms. The van der Waals surface area contributed by atoms with Crippen molar-refractivity contribution in [3.05, 3.63) is 41.8 Å². The minimum absolute atomic E-state index is 0.0287. The van der Waals surface area contributed by atoms with E-state index in [4.69, 9.17) is 4.74 Å². The standard InChI is InChI=1S/C13H12O2S/c1-10(14)9-15-12-6-3-2-5-11(12)13-7-4-8-16-13/h2-8H,9H2,1H3. The number of para-hydroxylation sites is 1. The molecule has 0 saturated carbocycles. The monoisotopic (exact) mass is 232 g/mol. The normalized spacial score (nSPS) is 10.1. The first kappa shape index (κ1) is 10.9. The molecule has 0 atom stereocenters. The molecule has 1 aromatic carbocycles. The van der Waals surface area contributed by atoms with Gasteiger partial charge in [0, 0.05) is 10.4 Å². The summed E-state index contributed by atoms with van der Waals surface area (Å²) in [6, 6.07) is 11.8. The van der Waals surface area contributed by atoms with Crippen molar-refractivity contribution in [3.8, 4) is 16.2 Å². The number of hydrogen-bond donors (Lipinski definition) is 0. The zero-order valence-electron chi connectivity index (χ0n) is 8.97. The summed E-state index contributed by atoms with van der Waals surface area (Å²) < 4.78 is 5.48. The van der Waals surface area contributed by atoms with Crippen molar-refractivity contribution in [3.63, 3.8) is 0 Å². The van der Waals surface area contributed by atoms with E-state index in [0.717, 1.165) is 16.2 Å². The van der Waals surface area contributed by atoms with Crippen LogP contribution in [-0.2, 0) is 4.79 Å². The fourth-order valence-corrected chi connectivity index (χ4v) is 2.16. The Bertz CT molecular complexity index is 474. The van der Waals surface area contributed by atoms with Crippen LogP contribution in [0.5, 0.6) is 5.75 Å². The minimum atomic E-state index is 0.0287. The SMILES string of the molecule is CC(=O)COc1ccccc1-c1cccs1. The van der Waals surface area contributed by atoms with E-state index in [1.165, 1.54) is 6.92 Å². The van der Waals surface area contributed by atoms with Crippen LogP contribution in [0.1, 0.15) is 6.92 Å². The first-order chi connectivity index (χ1) is 7.77. The van der Waals surface area contributed by atoms with E-state index in [1.54, 1.807) is 11.3 Å². The van der Waals surface area contributed by atoms with Crippen molar-refractivity contribution in [1.82, 2.24) is 0 Å². The lowest BCUT2D eigenvalue weighted by molar-refractivity contribution is -0.118. The molecule has 0 unspecified atom stereocenters. The second-order valence-electron chi connectivity index (χ2n) is 3.46. The molecule has 82 valence electrons. The van der Waals surface area contributed by atoms with E-state index in [0.29, 0.717) is 0 Å². The number of rotatable bonds is 4. The molecule has 0 fully saturated rings. The Hall–Kier alpha value is -1.61. The molecule has 1 heterocycles. The van der Waals surface area contributed by atoms with Crippen LogP contribution in [0.3, 0.4) is 0 Å². The van der Waals surface area contributed by atoms with Gasteiger partial charge >= 0.3 is 0 Å². The van der Waals surface area contributed by atoms with Gasteiger partial charge in [0.25, 0.3) is 0 Å². The Balaban J connectivity index is 2.27. The van der Waals surface area contributed by atoms with E-state index >= 15 is 0 Å². The molecule has 2 aromatic rings. The molecular weight excluding hydrogens is 220 g/mol. The Morgan fingerprint density at radius 1 is 1.25 bits per heavy atom. The Morgan fingerprint density at radius 3 is 2.75 bits per heavy atom. The molecule has 16 heavy (non-hydrogen) atoms. The molecule has 3 heteroatoms. The third kappa shape index (κ3) is 2.49. The molecule has 1 aromatic heterocycles. The molecule has 0 aliphatic rings. The summed E-state index contributed by atoms with van der Waals surface area (Å²) in [5.74, 6) is 0.793. The number of benzene rings is 1. The van der Waals surface area contributed by atoms with Crippen molar-refractivity contribution in [2.45, 2.75) is 6.92 Å². The Kier molecular flexibility index (Phi) is 3.37. The maximum absolute atomic E-state index is 10.9. The van der Waals surface area contributed by atoms with E-state index in [1.807, 2.05) is 41.8 Å². The highest BCUT2D eigenvalue weighted by Crippen LogP contribution is 2.32. The van der Waals surface area contributed by atoms with Crippen LogP contribution < -0.4 is 4.74 Å². The zero-order valence-corrected chi connectivity index (χ0v) is 9.79. The third-order valence-corrected chi connectivity index (χ3v) is 3.01. The number of carbonyl (C=O) groups is 1. The van der Waals surface area contributed by atoms with Gasteiger partial charge in [-0.15, -0.1) is 11.3 Å². The maximum Gasteiger partial charge on any atom is 0.167 e. The molecule has 2 nitrogen and oxygen atoms in total. The van der Waals surface area contributed by atoms with Gasteiger partial charge in [-0.3, -0.25) is 4.79 Å². The first-order valence-electron chi connectivity index (χ1n) is 5.02. The smallest absolute Gasteiger partial charge is 0.167 e. The van der Waals surface area contributed by atoms with Crippen LogP contribution in [0.15, 0.2) is 41.8 Å². The number of hydrogen-bond acceptors (Lipinski definition) is 3. The third-order valence-electron chi connectivity index (χ3n) is 2.10. The lowest BCUT2D eigenvalue weighted by atomic mass is 10.1. The van der Waals surface area contributed by atoms with Crippen LogP contribution >= 0.6 is 11.3 Å². The summed E-state index contributed by atoms with van der Waals surface area (Å²) in [7, 11) is 0. The highest BCUT2D eigenvalue weighted by Gasteiger charge is 2.06. The summed E-state index contributed by atoms with van der Waals surface area (Å²) in [4.78, 5) is 12.0. The van der Waals surface area contributed by atoms with Gasteiger partial charge in [-0.2, -0.15) is 0 Å². The van der Waals surface area contributed by atoms with Gasteiger partial charge in [0.15, 0.2) is 5.78 Å². The molecule has 2 rings (SSSR count). The second-order valence-corrected chi connectivity index (χ2v) is 4.41. The van der Waals surface area contributed by atoms with E-state index < -0.39 is 0 Å². The summed E-state index contributed by atoms with van der Waals surface area (Å²) in [5.41, 5.74) is 1.04. The molecule has 0 spiro atoms. The summed E-state index contributed by atoms with van der Waals surface area (Å²) in [6.07, 6.45) is 0. The highest BCUT2D eigenvalue weighted by atomic mass is 32.1. The highest BCUT2D eigenvalue weighted by molar-refractivity contribution is 7.13. The summed E-state index contributed by atoms with van der Waals surface area (Å²) in [6.45, 7) is 1.65. The van der Waals surface area contributed by atoms with Crippen molar-refractivity contribution < 1.29 is 9.53 Å². The van der Waals surface area contributed by atoms with Crippen LogP contribution in [0.25, 0.3) is 10.4 Å². The molecule has 0 amide bonds. The van der Waals surface area contributed by atoms with Crippen LogP contribution in [0, 0.1) is 0 Å². The Morgan fingerprint density at radius 2 is 2.06 bits per heavy atom. The number of thiophene rings is 1. The minimum Gasteiger partial charge on any atom is -0.485 e. The predicted molar refractivity (Wildman–Crippen MR) is 65.9 cm³/mol. The topological polar surface area (TPSA) is 26.3 Å². The second kappa shape index (κ2) is 4.94. The molecule has 0 aliphatic carbocycles. The van der Waals surface area contributed by atoms with E-state index in [2.05, 4.69) is 0 Å². The first-order valence-corrected chi connectivity index (χ1v) is 5.90. The van der Waals surface area contributed by atoms with Crippen molar-refractivity contribution in [2.24, 2.45) is 0 Å². The van der Waals surface area contributed by atoms with Gasteiger partial charge in [0.1, 0.15) is 12.4 Å². The Labute approximate surface area is 98.5 Å². The van der Waals surface area contributed by atoms with Gasteiger partial charge in [0.05, 0.1) is 0 Å². The maximum atomic E-state index is 10.9. The summed E-state index contributed by atoms with van der Waals surface area (Å²) >= 11 is 1.66. The van der Waals surface area contributed by atoms with Gasteiger partial charge in [-0.1, -0.05) is 18.2 Å². The van der Waals surface area contributed by atoms with Crippen LogP contribution in [0.4, 0.5) is 0 Å². The van der Waals surface area contributed by atoms with Crippen LogP contribution in [0.2, 0.25) is 0 Å². The number of carbonyl (C=O) groups excluding carboxylic acids is 1. The predicted octanol–water partition coefficient (Wildman–Crippen LogP) is 3.38. The largest absolute Gasteiger partial charge is 0.485 e. The average molecular weight is 232 g/mol. The van der Waals surface area contributed by atoms with Gasteiger partial charge in [-0.05, 0) is 30.5 Å². The quantitative estimate of drug-likeness (QED) is 0.807. The molecule has 0 aliphatic heterocycles. The zero-order chi connectivity index (χ0) is 11.4. The van der Waals surface area contributed by atoms with Gasteiger partial charge in [0.2, 0.25) is 0 Å². The van der Waals surface area contributed by atoms with E-state index in [-0.39, 0.29) is 12.4 Å². The van der Waals surface area contributed by atoms with E-state index in [9.17, 15) is 4.79 Å². The van der Waals surface area contributed by atoms with Crippen molar-refractivity contribution in [1.29, 1.82) is 0 Å². The average Bonchev–Trinajstić information content (AvgIpc) is 2.80. The lowest BCUT2D eigenvalue weighted by Crippen LogP contribution is -2.06. The molecule has 0 saturated heterocycles. The summed E-state index contributed by atoms with van der Waals surface area (Å²) in [5, 5.41) is 2.02. The molecule has 0 radical (unpaired) electrons. The van der Waals surface area contributed by atoms with Gasteiger partial charge < -0.3 is 4.74 Å². The fourth-order valence-electron chi connectivity index (χ4n) is 1.41. The van der Waals surface area contributed by atoms with Gasteiger partial charge in [-0.25, -0.2) is 0 Å². The number of ether oxygens (including phenoxy) is 1. The van der Waals surface area contributed by atoms with Crippen LogP contribution in [-0.4, -0.2) is 12.4 Å². The molecular formula is C13H12O2S. The molecule has 0 N–H and O–H groups in total. The number of Topliss-reactive ketones (excluding diaryl/α,β-unsaturated/α-hetero) is 1. The lowest BCUT2D eigenvalue weighted by Gasteiger charge is -2.08.